The Kier molecular flexibility index (Phi) is 3.34. The molecule has 0 spiro atoms. The molecule has 16 heavy (non-hydrogen) atoms. The summed E-state index contributed by atoms with van der Waals surface area (Å²) in [6.45, 7) is 1.20. The molecule has 0 atom stereocenters. The third kappa shape index (κ3) is 2.41. The maximum atomic E-state index is 10.8. The van der Waals surface area contributed by atoms with Gasteiger partial charge in [0.1, 0.15) is 0 Å². The Morgan fingerprint density at radius 2 is 2.00 bits per heavy atom. The van der Waals surface area contributed by atoms with E-state index < -0.39 is 11.9 Å². The largest absolute Gasteiger partial charge is 0.491 e. The van der Waals surface area contributed by atoms with Crippen LogP contribution in [0.4, 0.5) is 5.69 Å². The molecular formula is C10H11NO5. The van der Waals surface area contributed by atoms with Gasteiger partial charge in [-0.15, -0.1) is 0 Å². The number of aromatic carboxylic acids is 1. The third-order valence-corrected chi connectivity index (χ3v) is 1.79. The van der Waals surface area contributed by atoms with Crippen LogP contribution in [0.2, 0.25) is 0 Å². The number of carboxylic acids is 1. The van der Waals surface area contributed by atoms with Crippen LogP contribution in [0.1, 0.15) is 17.3 Å². The number of anilines is 1. The number of esters is 1. The summed E-state index contributed by atoms with van der Waals surface area (Å²) in [5.41, 5.74) is 5.59. The van der Waals surface area contributed by atoms with Crippen molar-refractivity contribution in [2.45, 2.75) is 6.92 Å². The monoisotopic (exact) mass is 225 g/mol. The number of nitrogen functional groups attached to an aromatic ring is 1. The Morgan fingerprint density at radius 1 is 1.38 bits per heavy atom. The fourth-order valence-corrected chi connectivity index (χ4v) is 1.20. The minimum atomic E-state index is -1.16. The van der Waals surface area contributed by atoms with E-state index in [0.29, 0.717) is 0 Å². The second kappa shape index (κ2) is 4.52. The summed E-state index contributed by atoms with van der Waals surface area (Å²) in [5.74, 6) is -1.62. The zero-order chi connectivity index (χ0) is 12.3. The van der Waals surface area contributed by atoms with Gasteiger partial charge in [0.25, 0.3) is 0 Å². The molecule has 3 N–H and O–H groups in total. The number of carbonyl (C=O) groups excluding carboxylic acids is 1. The fraction of sp³-hybridized carbons (Fsp3) is 0.200. The van der Waals surface area contributed by atoms with E-state index in [1.165, 1.54) is 26.2 Å². The van der Waals surface area contributed by atoms with Gasteiger partial charge in [-0.05, 0) is 12.1 Å². The molecule has 6 heteroatoms. The summed E-state index contributed by atoms with van der Waals surface area (Å²) in [6, 6.07) is 2.41. The van der Waals surface area contributed by atoms with Crippen LogP contribution >= 0.6 is 0 Å². The molecular weight excluding hydrogens is 214 g/mol. The van der Waals surface area contributed by atoms with Crippen LogP contribution < -0.4 is 15.2 Å². The molecule has 0 aromatic heterocycles. The number of carboxylic acid groups (broad SMARTS) is 1. The first-order valence-corrected chi connectivity index (χ1v) is 4.35. The first kappa shape index (κ1) is 11.8. The zero-order valence-corrected chi connectivity index (χ0v) is 8.81. The summed E-state index contributed by atoms with van der Waals surface area (Å²) in [5, 5.41) is 8.79. The summed E-state index contributed by atoms with van der Waals surface area (Å²) in [6.07, 6.45) is 0. The van der Waals surface area contributed by atoms with E-state index in [0.717, 1.165) is 0 Å². The van der Waals surface area contributed by atoms with Gasteiger partial charge in [-0.2, -0.15) is 0 Å². The average Bonchev–Trinajstić information content (AvgIpc) is 2.16. The molecule has 1 aromatic carbocycles. The highest BCUT2D eigenvalue weighted by Gasteiger charge is 2.15. The van der Waals surface area contributed by atoms with Gasteiger partial charge in [0.15, 0.2) is 11.5 Å². The molecule has 0 aliphatic heterocycles. The topological polar surface area (TPSA) is 98.8 Å². The van der Waals surface area contributed by atoms with E-state index in [1.807, 2.05) is 0 Å². The lowest BCUT2D eigenvalue weighted by atomic mass is 10.1. The smallest absolute Gasteiger partial charge is 0.335 e. The van der Waals surface area contributed by atoms with Gasteiger partial charge < -0.3 is 20.3 Å². The van der Waals surface area contributed by atoms with Crippen molar-refractivity contribution in [1.82, 2.24) is 0 Å². The second-order valence-electron chi connectivity index (χ2n) is 3.00. The summed E-state index contributed by atoms with van der Waals surface area (Å²) >= 11 is 0. The van der Waals surface area contributed by atoms with Gasteiger partial charge in [0.05, 0.1) is 18.4 Å². The van der Waals surface area contributed by atoms with E-state index in [9.17, 15) is 9.59 Å². The van der Waals surface area contributed by atoms with Crippen molar-refractivity contribution in [2.75, 3.05) is 12.8 Å². The average molecular weight is 225 g/mol. The molecule has 0 heterocycles. The van der Waals surface area contributed by atoms with Gasteiger partial charge in [-0.25, -0.2) is 4.79 Å². The first-order valence-electron chi connectivity index (χ1n) is 4.35. The summed E-state index contributed by atoms with van der Waals surface area (Å²) < 4.78 is 9.72. The third-order valence-electron chi connectivity index (χ3n) is 1.79. The molecule has 0 saturated heterocycles. The molecule has 0 saturated carbocycles. The highest BCUT2D eigenvalue weighted by Crippen LogP contribution is 2.34. The number of benzene rings is 1. The van der Waals surface area contributed by atoms with Crippen LogP contribution in [0.5, 0.6) is 11.5 Å². The Morgan fingerprint density at radius 3 is 2.44 bits per heavy atom. The molecule has 0 aliphatic rings. The minimum absolute atomic E-state index is 0.00704. The van der Waals surface area contributed by atoms with Crippen molar-refractivity contribution >= 4 is 17.6 Å². The standard InChI is InChI=1S/C10H11NO5/c1-5(12)16-8-4-6(10(13)14)3-7(11)9(8)15-2/h3-4H,11H2,1-2H3,(H,13,14). The second-order valence-corrected chi connectivity index (χ2v) is 3.00. The van der Waals surface area contributed by atoms with Gasteiger partial charge in [-0.3, -0.25) is 4.79 Å². The van der Waals surface area contributed by atoms with Crippen LogP contribution in [-0.4, -0.2) is 24.2 Å². The van der Waals surface area contributed by atoms with E-state index in [1.54, 1.807) is 0 Å². The van der Waals surface area contributed by atoms with Crippen molar-refractivity contribution in [1.29, 1.82) is 0 Å². The van der Waals surface area contributed by atoms with Crippen molar-refractivity contribution in [3.63, 3.8) is 0 Å². The zero-order valence-electron chi connectivity index (χ0n) is 8.81. The highest BCUT2D eigenvalue weighted by atomic mass is 16.6. The van der Waals surface area contributed by atoms with E-state index in [-0.39, 0.29) is 22.7 Å². The maximum Gasteiger partial charge on any atom is 0.335 e. The molecule has 0 radical (unpaired) electrons. The lowest BCUT2D eigenvalue weighted by Crippen LogP contribution is -2.07. The van der Waals surface area contributed by atoms with Crippen LogP contribution in [0, 0.1) is 0 Å². The van der Waals surface area contributed by atoms with Crippen molar-refractivity contribution in [2.24, 2.45) is 0 Å². The van der Waals surface area contributed by atoms with Gasteiger partial charge in [0, 0.05) is 6.92 Å². The number of carbonyl (C=O) groups is 2. The maximum absolute atomic E-state index is 10.8. The highest BCUT2D eigenvalue weighted by molar-refractivity contribution is 5.91. The van der Waals surface area contributed by atoms with E-state index >= 15 is 0 Å². The number of hydrogen-bond donors (Lipinski definition) is 2. The Balaban J connectivity index is 3.30. The van der Waals surface area contributed by atoms with E-state index in [4.69, 9.17) is 20.3 Å². The first-order chi connectivity index (χ1) is 7.45. The number of nitrogens with two attached hydrogens (primary N) is 1. The molecule has 6 nitrogen and oxygen atoms in total. The molecule has 0 amide bonds. The van der Waals surface area contributed by atoms with Crippen molar-refractivity contribution in [3.8, 4) is 11.5 Å². The molecule has 0 fully saturated rings. The van der Waals surface area contributed by atoms with Gasteiger partial charge in [0.2, 0.25) is 0 Å². The molecule has 1 rings (SSSR count). The Bertz CT molecular complexity index is 441. The quantitative estimate of drug-likeness (QED) is 0.450. The van der Waals surface area contributed by atoms with Crippen molar-refractivity contribution < 1.29 is 24.2 Å². The SMILES string of the molecule is COc1c(N)cc(C(=O)O)cc1OC(C)=O. The van der Waals surface area contributed by atoms with Crippen LogP contribution in [0.25, 0.3) is 0 Å². The molecule has 0 aliphatic carbocycles. The number of rotatable bonds is 3. The lowest BCUT2D eigenvalue weighted by Gasteiger charge is -2.11. The van der Waals surface area contributed by atoms with Crippen LogP contribution in [-0.2, 0) is 4.79 Å². The summed E-state index contributed by atoms with van der Waals surface area (Å²) in [4.78, 5) is 21.6. The predicted octanol–water partition coefficient (Wildman–Crippen LogP) is 0.901. The fourth-order valence-electron chi connectivity index (χ4n) is 1.20. The lowest BCUT2D eigenvalue weighted by molar-refractivity contribution is -0.132. The Labute approximate surface area is 91.6 Å². The molecule has 0 bridgehead atoms. The number of hydrogen-bond acceptors (Lipinski definition) is 5. The normalized spacial score (nSPS) is 9.62. The Hall–Kier alpha value is -2.24. The molecule has 86 valence electrons. The number of methoxy groups -OCH3 is 1. The van der Waals surface area contributed by atoms with Crippen molar-refractivity contribution in [3.05, 3.63) is 17.7 Å². The van der Waals surface area contributed by atoms with Crippen LogP contribution in [0.3, 0.4) is 0 Å². The van der Waals surface area contributed by atoms with Crippen LogP contribution in [0.15, 0.2) is 12.1 Å². The van der Waals surface area contributed by atoms with Gasteiger partial charge >= 0.3 is 11.9 Å². The minimum Gasteiger partial charge on any atom is -0.491 e. The van der Waals surface area contributed by atoms with E-state index in [2.05, 4.69) is 0 Å². The van der Waals surface area contributed by atoms with Gasteiger partial charge in [-0.1, -0.05) is 0 Å². The molecule has 1 aromatic rings. The molecule has 0 unspecified atom stereocenters. The number of ether oxygens (including phenoxy) is 2. The summed E-state index contributed by atoms with van der Waals surface area (Å²) in [7, 11) is 1.35. The predicted molar refractivity (Wildman–Crippen MR) is 55.7 cm³/mol.